The van der Waals surface area contributed by atoms with Crippen LogP contribution < -0.4 is 10.0 Å². The van der Waals surface area contributed by atoms with Gasteiger partial charge in [-0.25, -0.2) is 13.2 Å². The molecule has 1 amide bonds. The fourth-order valence-electron chi connectivity index (χ4n) is 2.03. The highest BCUT2D eigenvalue weighted by Gasteiger charge is 2.22. The molecule has 2 aromatic carbocycles. The molecule has 0 radical (unpaired) electrons. The molecule has 0 spiro atoms. The van der Waals surface area contributed by atoms with E-state index in [-0.39, 0.29) is 4.90 Å². The van der Waals surface area contributed by atoms with Gasteiger partial charge in [-0.1, -0.05) is 11.6 Å². The molecule has 0 saturated carbocycles. The Balaban J connectivity index is 2.03. The van der Waals surface area contributed by atoms with Crippen molar-refractivity contribution in [3.05, 3.63) is 59.1 Å². The molecule has 0 aliphatic rings. The van der Waals surface area contributed by atoms with Crippen molar-refractivity contribution in [3.63, 3.8) is 0 Å². The lowest BCUT2D eigenvalue weighted by Gasteiger charge is -2.14. The van der Waals surface area contributed by atoms with Gasteiger partial charge in [0, 0.05) is 10.7 Å². The van der Waals surface area contributed by atoms with Crippen LogP contribution in [-0.4, -0.2) is 33.4 Å². The largest absolute Gasteiger partial charge is 0.465 e. The number of benzene rings is 2. The zero-order valence-corrected chi connectivity index (χ0v) is 15.6. The van der Waals surface area contributed by atoms with E-state index in [1.807, 2.05) is 0 Å². The summed E-state index contributed by atoms with van der Waals surface area (Å²) in [6, 6.07) is 10.6. The maximum atomic E-state index is 12.3. The summed E-state index contributed by atoms with van der Waals surface area (Å²) in [6.07, 6.45) is 0. The number of rotatable bonds is 6. The number of amides is 1. The third-order valence-corrected chi connectivity index (χ3v) is 5.23. The number of nitrogens with one attached hydrogen (secondary N) is 2. The minimum absolute atomic E-state index is 0.00369. The Hall–Kier alpha value is -2.42. The summed E-state index contributed by atoms with van der Waals surface area (Å²) in [5.74, 6) is -1.04. The zero-order valence-electron chi connectivity index (χ0n) is 14.0. The molecular formula is C17H17ClN2O5S. The topological polar surface area (TPSA) is 102 Å². The molecule has 0 aliphatic heterocycles. The van der Waals surface area contributed by atoms with E-state index in [1.165, 1.54) is 62.6 Å². The van der Waals surface area contributed by atoms with E-state index in [2.05, 4.69) is 14.8 Å². The van der Waals surface area contributed by atoms with Crippen LogP contribution in [0.3, 0.4) is 0 Å². The number of halogens is 1. The van der Waals surface area contributed by atoms with Gasteiger partial charge in [0.25, 0.3) is 0 Å². The molecule has 2 N–H and O–H groups in total. The van der Waals surface area contributed by atoms with E-state index >= 15 is 0 Å². The number of ether oxygens (including phenoxy) is 1. The highest BCUT2D eigenvalue weighted by Crippen LogP contribution is 2.15. The third-order valence-electron chi connectivity index (χ3n) is 3.42. The Kier molecular flexibility index (Phi) is 6.36. The fraction of sp³-hybridized carbons (Fsp3) is 0.176. The van der Waals surface area contributed by atoms with Crippen LogP contribution in [-0.2, 0) is 19.6 Å². The number of hydrogen-bond acceptors (Lipinski definition) is 5. The molecule has 1 atom stereocenters. The third kappa shape index (κ3) is 5.04. The monoisotopic (exact) mass is 396 g/mol. The number of sulfonamides is 1. The van der Waals surface area contributed by atoms with Crippen LogP contribution in [0, 0.1) is 0 Å². The van der Waals surface area contributed by atoms with Gasteiger partial charge in [0.1, 0.15) is 0 Å². The zero-order chi connectivity index (χ0) is 19.3. The SMILES string of the molecule is COC(=O)c1ccc(NC(=O)[C@H](C)NS(=O)(=O)c2ccc(Cl)cc2)cc1. The molecule has 0 aliphatic carbocycles. The molecule has 26 heavy (non-hydrogen) atoms. The van der Waals surface area contributed by atoms with Gasteiger partial charge in [-0.3, -0.25) is 4.79 Å². The van der Waals surface area contributed by atoms with Crippen molar-refractivity contribution in [2.45, 2.75) is 17.9 Å². The average molecular weight is 397 g/mol. The molecule has 9 heteroatoms. The van der Waals surface area contributed by atoms with E-state index in [1.54, 1.807) is 0 Å². The quantitative estimate of drug-likeness (QED) is 0.730. The van der Waals surface area contributed by atoms with Gasteiger partial charge in [0.05, 0.1) is 23.6 Å². The Labute approximate surface area is 156 Å². The van der Waals surface area contributed by atoms with Gasteiger partial charge in [0.2, 0.25) is 15.9 Å². The Morgan fingerprint density at radius 3 is 2.15 bits per heavy atom. The molecule has 7 nitrogen and oxygen atoms in total. The van der Waals surface area contributed by atoms with Gasteiger partial charge in [-0.15, -0.1) is 0 Å². The first-order valence-corrected chi connectivity index (χ1v) is 9.36. The van der Waals surface area contributed by atoms with Gasteiger partial charge in [0.15, 0.2) is 0 Å². The minimum atomic E-state index is -3.87. The van der Waals surface area contributed by atoms with E-state index in [0.29, 0.717) is 16.3 Å². The molecule has 0 fully saturated rings. The van der Waals surface area contributed by atoms with E-state index < -0.39 is 27.9 Å². The lowest BCUT2D eigenvalue weighted by atomic mass is 10.2. The summed E-state index contributed by atoms with van der Waals surface area (Å²) >= 11 is 5.74. The van der Waals surface area contributed by atoms with E-state index in [4.69, 9.17) is 11.6 Å². The van der Waals surface area contributed by atoms with Crippen molar-refractivity contribution in [1.29, 1.82) is 0 Å². The summed E-state index contributed by atoms with van der Waals surface area (Å²) in [6.45, 7) is 1.42. The van der Waals surface area contributed by atoms with Crippen molar-refractivity contribution in [1.82, 2.24) is 4.72 Å². The van der Waals surface area contributed by atoms with Crippen LogP contribution in [0.15, 0.2) is 53.4 Å². The second kappa shape index (κ2) is 8.31. The highest BCUT2D eigenvalue weighted by molar-refractivity contribution is 7.89. The average Bonchev–Trinajstić information content (AvgIpc) is 2.61. The van der Waals surface area contributed by atoms with Crippen LogP contribution in [0.25, 0.3) is 0 Å². The number of methoxy groups -OCH3 is 1. The minimum Gasteiger partial charge on any atom is -0.465 e. The van der Waals surface area contributed by atoms with Crippen molar-refractivity contribution < 1.29 is 22.7 Å². The molecule has 2 rings (SSSR count). The van der Waals surface area contributed by atoms with E-state index in [0.717, 1.165) is 0 Å². The maximum absolute atomic E-state index is 12.3. The first-order valence-electron chi connectivity index (χ1n) is 7.50. The molecular weight excluding hydrogens is 380 g/mol. The number of anilines is 1. The number of hydrogen-bond donors (Lipinski definition) is 2. The predicted molar refractivity (Wildman–Crippen MR) is 97.6 cm³/mol. The lowest BCUT2D eigenvalue weighted by molar-refractivity contribution is -0.117. The normalized spacial score (nSPS) is 12.3. The smallest absolute Gasteiger partial charge is 0.337 e. The van der Waals surface area contributed by atoms with Crippen LogP contribution in [0.2, 0.25) is 5.02 Å². The summed E-state index contributed by atoms with van der Waals surface area (Å²) in [4.78, 5) is 23.6. The highest BCUT2D eigenvalue weighted by atomic mass is 35.5. The van der Waals surface area contributed by atoms with Gasteiger partial charge in [-0.2, -0.15) is 4.72 Å². The molecule has 0 saturated heterocycles. The first-order chi connectivity index (χ1) is 12.2. The molecule has 0 bridgehead atoms. The fourth-order valence-corrected chi connectivity index (χ4v) is 3.35. The van der Waals surface area contributed by atoms with Crippen molar-refractivity contribution >= 4 is 39.2 Å². The van der Waals surface area contributed by atoms with Crippen LogP contribution >= 0.6 is 11.6 Å². The van der Waals surface area contributed by atoms with Gasteiger partial charge in [-0.05, 0) is 55.5 Å². The van der Waals surface area contributed by atoms with Gasteiger partial charge < -0.3 is 10.1 Å². The van der Waals surface area contributed by atoms with Crippen molar-refractivity contribution in [2.75, 3.05) is 12.4 Å². The standard InChI is InChI=1S/C17H17ClN2O5S/c1-11(20-26(23,24)15-9-5-13(18)6-10-15)16(21)19-14-7-3-12(4-8-14)17(22)25-2/h3-11,20H,1-2H3,(H,19,21)/t11-/m0/s1. The molecule has 138 valence electrons. The first kappa shape index (κ1) is 19.9. The second-order valence-electron chi connectivity index (χ2n) is 5.36. The Bertz CT molecular complexity index is 896. The Morgan fingerprint density at radius 1 is 1.04 bits per heavy atom. The predicted octanol–water partition coefficient (Wildman–Crippen LogP) is 2.43. The van der Waals surface area contributed by atoms with Crippen molar-refractivity contribution in [2.24, 2.45) is 0 Å². The van der Waals surface area contributed by atoms with Crippen LogP contribution in [0.5, 0.6) is 0 Å². The van der Waals surface area contributed by atoms with E-state index in [9.17, 15) is 18.0 Å². The summed E-state index contributed by atoms with van der Waals surface area (Å²) in [5, 5.41) is 2.98. The Morgan fingerprint density at radius 2 is 1.62 bits per heavy atom. The summed E-state index contributed by atoms with van der Waals surface area (Å²) in [7, 11) is -2.60. The number of carbonyl (C=O) groups excluding carboxylic acids is 2. The molecule has 0 heterocycles. The van der Waals surface area contributed by atoms with Gasteiger partial charge >= 0.3 is 5.97 Å². The summed E-state index contributed by atoms with van der Waals surface area (Å²) in [5.41, 5.74) is 0.752. The van der Waals surface area contributed by atoms with Crippen LogP contribution in [0.1, 0.15) is 17.3 Å². The summed E-state index contributed by atoms with van der Waals surface area (Å²) < 4.78 is 31.4. The van der Waals surface area contributed by atoms with Crippen molar-refractivity contribution in [3.8, 4) is 0 Å². The second-order valence-corrected chi connectivity index (χ2v) is 7.51. The number of esters is 1. The lowest BCUT2D eigenvalue weighted by Crippen LogP contribution is -2.41. The maximum Gasteiger partial charge on any atom is 0.337 e. The molecule has 0 aromatic heterocycles. The number of carbonyl (C=O) groups is 2. The molecule has 0 unspecified atom stereocenters. The molecule has 2 aromatic rings. The van der Waals surface area contributed by atoms with Crippen LogP contribution in [0.4, 0.5) is 5.69 Å².